The van der Waals surface area contributed by atoms with Gasteiger partial charge in [-0.15, -0.1) is 0 Å². The monoisotopic (exact) mass is 217 g/mol. The maximum absolute atomic E-state index is 3.50. The average Bonchev–Trinajstić information content (AvgIpc) is 2.25. The highest BCUT2D eigenvalue weighted by Crippen LogP contribution is 2.04. The van der Waals surface area contributed by atoms with Crippen molar-refractivity contribution < 1.29 is 0 Å². The Morgan fingerprint density at radius 1 is 1.12 bits per heavy atom. The van der Waals surface area contributed by atoms with E-state index in [0.717, 1.165) is 12.5 Å². The van der Waals surface area contributed by atoms with Gasteiger partial charge in [0, 0.05) is 12.6 Å². The quantitative estimate of drug-likeness (QED) is 0.765. The van der Waals surface area contributed by atoms with Crippen molar-refractivity contribution in [3.05, 3.63) is 42.0 Å². The van der Waals surface area contributed by atoms with Crippen LogP contribution < -0.4 is 5.32 Å². The second-order valence-corrected chi connectivity index (χ2v) is 4.75. The lowest BCUT2D eigenvalue weighted by molar-refractivity contribution is 0.458. The van der Waals surface area contributed by atoms with Crippen LogP contribution in [0.15, 0.2) is 36.4 Å². The molecule has 0 aliphatic heterocycles. The van der Waals surface area contributed by atoms with Crippen LogP contribution in [0, 0.1) is 5.92 Å². The van der Waals surface area contributed by atoms with Gasteiger partial charge in [0.05, 0.1) is 0 Å². The van der Waals surface area contributed by atoms with Crippen LogP contribution in [0.2, 0.25) is 0 Å². The minimum Gasteiger partial charge on any atom is -0.311 e. The van der Waals surface area contributed by atoms with Gasteiger partial charge in [0.25, 0.3) is 0 Å². The molecule has 1 heteroatoms. The molecule has 0 saturated carbocycles. The van der Waals surface area contributed by atoms with Crippen molar-refractivity contribution in [3.63, 3.8) is 0 Å². The molecule has 0 aliphatic rings. The van der Waals surface area contributed by atoms with E-state index in [4.69, 9.17) is 0 Å². The van der Waals surface area contributed by atoms with Crippen LogP contribution in [0.4, 0.5) is 0 Å². The number of hydrogen-bond donors (Lipinski definition) is 1. The largest absolute Gasteiger partial charge is 0.311 e. The summed E-state index contributed by atoms with van der Waals surface area (Å²) in [6.45, 7) is 7.72. The Morgan fingerprint density at radius 2 is 1.81 bits per heavy atom. The first-order valence-electron chi connectivity index (χ1n) is 6.13. The number of nitrogens with one attached hydrogen (secondary N) is 1. The van der Waals surface area contributed by atoms with Crippen molar-refractivity contribution in [2.24, 2.45) is 5.92 Å². The Labute approximate surface area is 99.6 Å². The zero-order valence-electron chi connectivity index (χ0n) is 10.6. The SMILES string of the molecule is CC(C)CC(C)NCC=Cc1ccccc1. The molecule has 1 nitrogen and oxygen atoms in total. The second-order valence-electron chi connectivity index (χ2n) is 4.75. The highest BCUT2D eigenvalue weighted by Gasteiger charge is 2.01. The Morgan fingerprint density at radius 3 is 2.44 bits per heavy atom. The van der Waals surface area contributed by atoms with Crippen LogP contribution in [0.1, 0.15) is 32.8 Å². The van der Waals surface area contributed by atoms with Crippen molar-refractivity contribution >= 4 is 6.08 Å². The Balaban J connectivity index is 2.23. The molecule has 0 radical (unpaired) electrons. The standard InChI is InChI=1S/C15H23N/c1-13(2)12-14(3)16-11-7-10-15-8-5-4-6-9-15/h4-10,13-14,16H,11-12H2,1-3H3. The van der Waals surface area contributed by atoms with Gasteiger partial charge in [0.2, 0.25) is 0 Å². The third-order valence-corrected chi connectivity index (χ3v) is 2.52. The van der Waals surface area contributed by atoms with E-state index in [0.29, 0.717) is 6.04 Å². The van der Waals surface area contributed by atoms with E-state index in [9.17, 15) is 0 Å². The molecule has 16 heavy (non-hydrogen) atoms. The molecule has 1 aromatic rings. The first-order chi connectivity index (χ1) is 7.68. The van der Waals surface area contributed by atoms with Gasteiger partial charge < -0.3 is 5.32 Å². The van der Waals surface area contributed by atoms with Crippen molar-refractivity contribution in [2.75, 3.05) is 6.54 Å². The van der Waals surface area contributed by atoms with Crippen molar-refractivity contribution in [1.82, 2.24) is 5.32 Å². The predicted molar refractivity (Wildman–Crippen MR) is 72.4 cm³/mol. The second kappa shape index (κ2) is 7.24. The van der Waals surface area contributed by atoms with Gasteiger partial charge in [-0.25, -0.2) is 0 Å². The van der Waals surface area contributed by atoms with E-state index in [2.05, 4.69) is 62.5 Å². The maximum Gasteiger partial charge on any atom is 0.0140 e. The van der Waals surface area contributed by atoms with Gasteiger partial charge in [-0.05, 0) is 24.8 Å². The number of benzene rings is 1. The molecule has 0 bridgehead atoms. The molecule has 1 N–H and O–H groups in total. The third-order valence-electron chi connectivity index (χ3n) is 2.52. The minimum absolute atomic E-state index is 0.598. The molecule has 0 aromatic heterocycles. The molecule has 1 rings (SSSR count). The Kier molecular flexibility index (Phi) is 5.87. The van der Waals surface area contributed by atoms with Gasteiger partial charge in [-0.3, -0.25) is 0 Å². The zero-order valence-corrected chi connectivity index (χ0v) is 10.6. The van der Waals surface area contributed by atoms with E-state index in [-0.39, 0.29) is 0 Å². The summed E-state index contributed by atoms with van der Waals surface area (Å²) in [6, 6.07) is 11.0. The molecule has 1 unspecified atom stereocenters. The molecule has 1 atom stereocenters. The van der Waals surface area contributed by atoms with Crippen LogP contribution >= 0.6 is 0 Å². The van der Waals surface area contributed by atoms with E-state index in [1.807, 2.05) is 6.07 Å². The lowest BCUT2D eigenvalue weighted by Crippen LogP contribution is -2.27. The lowest BCUT2D eigenvalue weighted by Gasteiger charge is -2.14. The first kappa shape index (κ1) is 13.0. The molecule has 0 fully saturated rings. The minimum atomic E-state index is 0.598. The fourth-order valence-electron chi connectivity index (χ4n) is 1.82. The van der Waals surface area contributed by atoms with E-state index >= 15 is 0 Å². The summed E-state index contributed by atoms with van der Waals surface area (Å²) in [4.78, 5) is 0. The number of rotatable bonds is 6. The lowest BCUT2D eigenvalue weighted by atomic mass is 10.1. The molecule has 0 amide bonds. The highest BCUT2D eigenvalue weighted by molar-refractivity contribution is 5.48. The topological polar surface area (TPSA) is 12.0 Å². The fraction of sp³-hybridized carbons (Fsp3) is 0.467. The molecule has 0 saturated heterocycles. The average molecular weight is 217 g/mol. The van der Waals surface area contributed by atoms with Gasteiger partial charge in [-0.2, -0.15) is 0 Å². The summed E-state index contributed by atoms with van der Waals surface area (Å²) >= 11 is 0. The van der Waals surface area contributed by atoms with Gasteiger partial charge in [0.1, 0.15) is 0 Å². The predicted octanol–water partition coefficient (Wildman–Crippen LogP) is 3.72. The van der Waals surface area contributed by atoms with Crippen molar-refractivity contribution in [1.29, 1.82) is 0 Å². The Bertz CT molecular complexity index is 300. The van der Waals surface area contributed by atoms with Crippen LogP contribution in [0.25, 0.3) is 6.08 Å². The number of hydrogen-bond acceptors (Lipinski definition) is 1. The molecular formula is C15H23N. The normalized spacial score (nSPS) is 13.5. The fourth-order valence-corrected chi connectivity index (χ4v) is 1.82. The molecule has 0 spiro atoms. The van der Waals surface area contributed by atoms with Crippen molar-refractivity contribution in [3.8, 4) is 0 Å². The maximum atomic E-state index is 3.50. The summed E-state index contributed by atoms with van der Waals surface area (Å²) in [5.41, 5.74) is 1.26. The summed E-state index contributed by atoms with van der Waals surface area (Å²) in [6.07, 6.45) is 5.58. The summed E-state index contributed by atoms with van der Waals surface area (Å²) in [5, 5.41) is 3.50. The van der Waals surface area contributed by atoms with E-state index in [1.54, 1.807) is 0 Å². The van der Waals surface area contributed by atoms with Gasteiger partial charge >= 0.3 is 0 Å². The Hall–Kier alpha value is -1.08. The molecular weight excluding hydrogens is 194 g/mol. The molecule has 0 heterocycles. The molecule has 1 aromatic carbocycles. The summed E-state index contributed by atoms with van der Waals surface area (Å²) < 4.78 is 0. The van der Waals surface area contributed by atoms with Gasteiger partial charge in [-0.1, -0.05) is 56.3 Å². The van der Waals surface area contributed by atoms with Gasteiger partial charge in [0.15, 0.2) is 0 Å². The van der Waals surface area contributed by atoms with E-state index < -0.39 is 0 Å². The smallest absolute Gasteiger partial charge is 0.0140 e. The summed E-state index contributed by atoms with van der Waals surface area (Å²) in [7, 11) is 0. The molecule has 0 aliphatic carbocycles. The van der Waals surface area contributed by atoms with Crippen LogP contribution in [0.5, 0.6) is 0 Å². The zero-order chi connectivity index (χ0) is 11.8. The summed E-state index contributed by atoms with van der Waals surface area (Å²) in [5.74, 6) is 0.764. The first-order valence-corrected chi connectivity index (χ1v) is 6.13. The van der Waals surface area contributed by atoms with E-state index in [1.165, 1.54) is 12.0 Å². The molecule has 88 valence electrons. The highest BCUT2D eigenvalue weighted by atomic mass is 14.9. The third kappa shape index (κ3) is 5.72. The van der Waals surface area contributed by atoms with Crippen molar-refractivity contribution in [2.45, 2.75) is 33.2 Å². The van der Waals surface area contributed by atoms with Crippen LogP contribution in [-0.2, 0) is 0 Å². The van der Waals surface area contributed by atoms with Crippen LogP contribution in [-0.4, -0.2) is 12.6 Å². The van der Waals surface area contributed by atoms with Crippen LogP contribution in [0.3, 0.4) is 0 Å².